The van der Waals surface area contributed by atoms with Crippen LogP contribution in [0.25, 0.3) is 0 Å². The molecular weight excluding hydrogens is 230 g/mol. The topological polar surface area (TPSA) is 75.4 Å². The van der Waals surface area contributed by atoms with Gasteiger partial charge in [0.2, 0.25) is 11.8 Å². The maximum Gasteiger partial charge on any atom is 0.237 e. The van der Waals surface area contributed by atoms with Gasteiger partial charge in [0.25, 0.3) is 0 Å². The summed E-state index contributed by atoms with van der Waals surface area (Å²) in [4.78, 5) is 25.1. The third kappa shape index (κ3) is 4.76. The molecule has 0 aromatic carbocycles. The van der Waals surface area contributed by atoms with Gasteiger partial charge in [0.1, 0.15) is 0 Å². The van der Waals surface area contributed by atoms with Gasteiger partial charge in [-0.15, -0.1) is 12.3 Å². The van der Waals surface area contributed by atoms with Gasteiger partial charge in [-0.3, -0.25) is 9.59 Å². The minimum absolute atomic E-state index is 0.0977. The molecule has 0 aliphatic carbocycles. The highest BCUT2D eigenvalue weighted by Gasteiger charge is 2.17. The first-order valence-corrected chi connectivity index (χ1v) is 6.39. The summed E-state index contributed by atoms with van der Waals surface area (Å²) < 4.78 is 0. The van der Waals surface area contributed by atoms with Gasteiger partial charge in [-0.25, -0.2) is 0 Å². The number of hydrogen-bond acceptors (Lipinski definition) is 3. The van der Waals surface area contributed by atoms with E-state index in [9.17, 15) is 9.59 Å². The molecule has 1 fully saturated rings. The van der Waals surface area contributed by atoms with Crippen LogP contribution in [0.3, 0.4) is 0 Å². The van der Waals surface area contributed by atoms with E-state index in [4.69, 9.17) is 12.2 Å². The zero-order chi connectivity index (χ0) is 13.4. The average molecular weight is 251 g/mol. The highest BCUT2D eigenvalue weighted by atomic mass is 16.2. The standard InChI is InChI=1S/C13H21N3O2/c1-2-6-11(14)13(18)15-8-7-12(17)16-9-4-3-5-10-16/h1,11H,3-10,14H2,(H,15,18). The number of carbonyl (C=O) groups is 2. The number of nitrogens with two attached hydrogens (primary N) is 1. The quantitative estimate of drug-likeness (QED) is 0.668. The molecule has 5 heteroatoms. The minimum atomic E-state index is -0.680. The molecule has 100 valence electrons. The Morgan fingerprint density at radius 2 is 2.00 bits per heavy atom. The molecule has 0 radical (unpaired) electrons. The summed E-state index contributed by atoms with van der Waals surface area (Å²) in [6.45, 7) is 2.00. The molecule has 1 rings (SSSR count). The summed E-state index contributed by atoms with van der Waals surface area (Å²) in [5.41, 5.74) is 5.54. The molecule has 1 aliphatic heterocycles. The van der Waals surface area contributed by atoms with Crippen molar-refractivity contribution in [3.8, 4) is 12.3 Å². The predicted molar refractivity (Wildman–Crippen MR) is 69.5 cm³/mol. The molecule has 5 nitrogen and oxygen atoms in total. The van der Waals surface area contributed by atoms with E-state index in [-0.39, 0.29) is 18.2 Å². The van der Waals surface area contributed by atoms with Crippen molar-refractivity contribution in [1.29, 1.82) is 0 Å². The number of piperidine rings is 1. The second kappa shape index (κ2) is 7.72. The maximum atomic E-state index is 11.8. The Labute approximate surface area is 108 Å². The molecule has 1 heterocycles. The lowest BCUT2D eigenvalue weighted by Gasteiger charge is -2.26. The average Bonchev–Trinajstić information content (AvgIpc) is 2.39. The van der Waals surface area contributed by atoms with E-state index in [0.29, 0.717) is 13.0 Å². The first-order valence-electron chi connectivity index (χ1n) is 6.39. The largest absolute Gasteiger partial charge is 0.354 e. The lowest BCUT2D eigenvalue weighted by atomic mass is 10.1. The number of carbonyl (C=O) groups excluding carboxylic acids is 2. The van der Waals surface area contributed by atoms with Crippen LogP contribution in [-0.4, -0.2) is 42.4 Å². The minimum Gasteiger partial charge on any atom is -0.354 e. The maximum absolute atomic E-state index is 11.8. The SMILES string of the molecule is C#CCC(N)C(=O)NCCC(=O)N1CCCCC1. The van der Waals surface area contributed by atoms with Crippen molar-refractivity contribution in [2.45, 2.75) is 38.1 Å². The Morgan fingerprint density at radius 1 is 1.33 bits per heavy atom. The van der Waals surface area contributed by atoms with Gasteiger partial charge in [-0.1, -0.05) is 0 Å². The van der Waals surface area contributed by atoms with Crippen molar-refractivity contribution >= 4 is 11.8 Å². The van der Waals surface area contributed by atoms with Crippen LogP contribution >= 0.6 is 0 Å². The number of nitrogens with zero attached hydrogens (tertiary/aromatic N) is 1. The zero-order valence-electron chi connectivity index (χ0n) is 10.7. The Kier molecular flexibility index (Phi) is 6.23. The van der Waals surface area contributed by atoms with Crippen LogP contribution in [0, 0.1) is 12.3 Å². The predicted octanol–water partition coefficient (Wildman–Crippen LogP) is -0.144. The van der Waals surface area contributed by atoms with Crippen molar-refractivity contribution in [2.24, 2.45) is 5.73 Å². The van der Waals surface area contributed by atoms with Gasteiger partial charge < -0.3 is 16.0 Å². The summed E-state index contributed by atoms with van der Waals surface area (Å²) in [6, 6.07) is -0.680. The number of amides is 2. The summed E-state index contributed by atoms with van der Waals surface area (Å²) in [5.74, 6) is 2.14. The normalized spacial score (nSPS) is 16.8. The fourth-order valence-electron chi connectivity index (χ4n) is 1.94. The van der Waals surface area contributed by atoms with Crippen molar-refractivity contribution < 1.29 is 9.59 Å². The van der Waals surface area contributed by atoms with E-state index in [0.717, 1.165) is 25.9 Å². The van der Waals surface area contributed by atoms with Crippen molar-refractivity contribution in [3.05, 3.63) is 0 Å². The summed E-state index contributed by atoms with van der Waals surface area (Å²) in [5, 5.41) is 2.63. The number of hydrogen-bond donors (Lipinski definition) is 2. The van der Waals surface area contributed by atoms with E-state index < -0.39 is 6.04 Å². The molecule has 0 saturated carbocycles. The van der Waals surface area contributed by atoms with Crippen molar-refractivity contribution in [2.75, 3.05) is 19.6 Å². The van der Waals surface area contributed by atoms with Gasteiger partial charge in [0.05, 0.1) is 6.04 Å². The van der Waals surface area contributed by atoms with Gasteiger partial charge in [-0.2, -0.15) is 0 Å². The Morgan fingerprint density at radius 3 is 2.61 bits per heavy atom. The van der Waals surface area contributed by atoms with Crippen LogP contribution in [0.1, 0.15) is 32.1 Å². The molecule has 2 amide bonds. The molecule has 0 spiro atoms. The zero-order valence-corrected chi connectivity index (χ0v) is 10.7. The summed E-state index contributed by atoms with van der Waals surface area (Å²) in [7, 11) is 0. The molecule has 1 saturated heterocycles. The highest BCUT2D eigenvalue weighted by Crippen LogP contribution is 2.09. The van der Waals surface area contributed by atoms with E-state index in [2.05, 4.69) is 11.2 Å². The van der Waals surface area contributed by atoms with Gasteiger partial charge in [-0.05, 0) is 19.3 Å². The smallest absolute Gasteiger partial charge is 0.237 e. The molecule has 0 aromatic rings. The molecule has 3 N–H and O–H groups in total. The second-order valence-corrected chi connectivity index (χ2v) is 4.50. The Bertz CT molecular complexity index is 330. The van der Waals surface area contributed by atoms with Crippen LogP contribution in [0.15, 0.2) is 0 Å². The van der Waals surface area contributed by atoms with Crippen LogP contribution in [-0.2, 0) is 9.59 Å². The molecular formula is C13H21N3O2. The molecule has 1 atom stereocenters. The van der Waals surface area contributed by atoms with Crippen LogP contribution in [0.2, 0.25) is 0 Å². The lowest BCUT2D eigenvalue weighted by Crippen LogP contribution is -2.42. The summed E-state index contributed by atoms with van der Waals surface area (Å²) in [6.07, 6.45) is 8.96. The van der Waals surface area contributed by atoms with Gasteiger partial charge in [0, 0.05) is 32.5 Å². The molecule has 0 aromatic heterocycles. The van der Waals surface area contributed by atoms with Crippen molar-refractivity contribution in [1.82, 2.24) is 10.2 Å². The first-order chi connectivity index (χ1) is 8.65. The highest BCUT2D eigenvalue weighted by molar-refractivity contribution is 5.82. The Hall–Kier alpha value is -1.54. The third-order valence-electron chi connectivity index (χ3n) is 3.02. The van der Waals surface area contributed by atoms with Gasteiger partial charge >= 0.3 is 0 Å². The monoisotopic (exact) mass is 251 g/mol. The second-order valence-electron chi connectivity index (χ2n) is 4.50. The molecule has 0 bridgehead atoms. The molecule has 18 heavy (non-hydrogen) atoms. The first kappa shape index (κ1) is 14.5. The van der Waals surface area contributed by atoms with Gasteiger partial charge in [0.15, 0.2) is 0 Å². The molecule has 1 unspecified atom stereocenters. The van der Waals surface area contributed by atoms with E-state index in [1.165, 1.54) is 6.42 Å². The third-order valence-corrected chi connectivity index (χ3v) is 3.02. The van der Waals surface area contributed by atoms with Crippen LogP contribution in [0.5, 0.6) is 0 Å². The van der Waals surface area contributed by atoms with E-state index in [1.807, 2.05) is 4.90 Å². The van der Waals surface area contributed by atoms with Crippen molar-refractivity contribution in [3.63, 3.8) is 0 Å². The van der Waals surface area contributed by atoms with E-state index in [1.54, 1.807) is 0 Å². The molecule has 1 aliphatic rings. The van der Waals surface area contributed by atoms with E-state index >= 15 is 0 Å². The number of nitrogens with one attached hydrogen (secondary N) is 1. The van der Waals surface area contributed by atoms with Crippen LogP contribution < -0.4 is 11.1 Å². The number of terminal acetylenes is 1. The fraction of sp³-hybridized carbons (Fsp3) is 0.692. The lowest BCUT2D eigenvalue weighted by molar-refractivity contribution is -0.132. The number of likely N-dealkylation sites (tertiary alicyclic amines) is 1. The van der Waals surface area contributed by atoms with Crippen LogP contribution in [0.4, 0.5) is 0 Å². The summed E-state index contributed by atoms with van der Waals surface area (Å²) >= 11 is 0. The fourth-order valence-corrected chi connectivity index (χ4v) is 1.94. The Balaban J connectivity index is 2.18. The number of rotatable bonds is 5.